The Hall–Kier alpha value is -4.53. The van der Waals surface area contributed by atoms with Crippen molar-refractivity contribution >= 4 is 40.4 Å². The van der Waals surface area contributed by atoms with Gasteiger partial charge >= 0.3 is 6.03 Å². The van der Waals surface area contributed by atoms with Crippen LogP contribution in [0.1, 0.15) is 11.4 Å². The first-order chi connectivity index (χ1) is 16.3. The van der Waals surface area contributed by atoms with Gasteiger partial charge in [-0.2, -0.15) is 0 Å². The summed E-state index contributed by atoms with van der Waals surface area (Å²) in [6.45, 7) is 3.83. The van der Waals surface area contributed by atoms with Crippen LogP contribution >= 0.6 is 0 Å². The lowest BCUT2D eigenvalue weighted by Crippen LogP contribution is -2.19. The highest BCUT2D eigenvalue weighted by Gasteiger charge is 2.07. The lowest BCUT2D eigenvalue weighted by atomic mass is 10.2. The van der Waals surface area contributed by atoms with Crippen molar-refractivity contribution in [2.75, 3.05) is 21.3 Å². The predicted octanol–water partition coefficient (Wildman–Crippen LogP) is 6.50. The maximum Gasteiger partial charge on any atom is 0.323 e. The molecule has 0 aliphatic heterocycles. The van der Waals surface area contributed by atoms with Gasteiger partial charge in [0.25, 0.3) is 0 Å². The zero-order chi connectivity index (χ0) is 24.1. The fraction of sp³-hybridized carbons (Fsp3) is 0.0800. The zero-order valence-corrected chi connectivity index (χ0v) is 18.5. The van der Waals surface area contributed by atoms with Crippen molar-refractivity contribution in [2.24, 2.45) is 0 Å². The van der Waals surface area contributed by atoms with Crippen molar-refractivity contribution in [3.63, 3.8) is 0 Å². The first-order valence-electron chi connectivity index (χ1n) is 10.4. The number of carbonyl (C=O) groups is 1. The number of amides is 2. The van der Waals surface area contributed by atoms with Gasteiger partial charge in [0.2, 0.25) is 0 Å². The molecule has 4 N–H and O–H groups in total. The molecule has 0 bridgehead atoms. The molecule has 9 heteroatoms. The number of rotatable bonds is 6. The summed E-state index contributed by atoms with van der Waals surface area (Å²) in [5.41, 5.74) is 3.36. The second-order valence-corrected chi connectivity index (χ2v) is 7.62. The SMILES string of the molecule is Cc1ccc(Nc2cc(Nc3ccc(NC(=O)Nc4cc(F)cc(F)c4)cc3)nc(C)n2)cc1. The van der Waals surface area contributed by atoms with Crippen molar-refractivity contribution in [3.8, 4) is 0 Å². The molecule has 1 heterocycles. The number of aromatic nitrogens is 2. The van der Waals surface area contributed by atoms with Gasteiger partial charge in [-0.15, -0.1) is 0 Å². The Morgan fingerprint density at radius 1 is 0.647 bits per heavy atom. The van der Waals surface area contributed by atoms with Gasteiger partial charge in [-0.3, -0.25) is 0 Å². The number of hydrogen-bond donors (Lipinski definition) is 4. The average Bonchev–Trinajstić information content (AvgIpc) is 2.75. The van der Waals surface area contributed by atoms with Crippen LogP contribution in [0.25, 0.3) is 0 Å². The average molecular weight is 460 g/mol. The molecule has 0 saturated carbocycles. The maximum absolute atomic E-state index is 13.3. The molecule has 2 amide bonds. The minimum absolute atomic E-state index is 0.0162. The van der Waals surface area contributed by atoms with Crippen LogP contribution in [-0.4, -0.2) is 16.0 Å². The molecule has 7 nitrogen and oxygen atoms in total. The smallest absolute Gasteiger partial charge is 0.323 e. The Kier molecular flexibility index (Phi) is 6.63. The molecule has 0 aliphatic rings. The number of nitrogens with zero attached hydrogens (tertiary/aromatic N) is 2. The van der Waals surface area contributed by atoms with Crippen molar-refractivity contribution in [2.45, 2.75) is 13.8 Å². The van der Waals surface area contributed by atoms with Crippen molar-refractivity contribution in [3.05, 3.63) is 95.8 Å². The lowest BCUT2D eigenvalue weighted by molar-refractivity contribution is 0.262. The Morgan fingerprint density at radius 3 is 1.68 bits per heavy atom. The summed E-state index contributed by atoms with van der Waals surface area (Å²) >= 11 is 0. The molecule has 0 saturated heterocycles. The van der Waals surface area contributed by atoms with Crippen LogP contribution < -0.4 is 21.3 Å². The van der Waals surface area contributed by atoms with E-state index in [4.69, 9.17) is 0 Å². The van der Waals surface area contributed by atoms with Crippen LogP contribution in [0.2, 0.25) is 0 Å². The highest BCUT2D eigenvalue weighted by molar-refractivity contribution is 5.99. The normalized spacial score (nSPS) is 10.5. The van der Waals surface area contributed by atoms with Crippen molar-refractivity contribution in [1.29, 1.82) is 0 Å². The fourth-order valence-electron chi connectivity index (χ4n) is 3.18. The van der Waals surface area contributed by atoms with Crippen LogP contribution in [0, 0.1) is 25.5 Å². The van der Waals surface area contributed by atoms with E-state index in [9.17, 15) is 13.6 Å². The summed E-state index contributed by atoms with van der Waals surface area (Å²) in [7, 11) is 0. The third-order valence-electron chi connectivity index (χ3n) is 4.70. The Bertz CT molecular complexity index is 1290. The predicted molar refractivity (Wildman–Crippen MR) is 130 cm³/mol. The molecule has 0 fully saturated rings. The number of carbonyl (C=O) groups excluding carboxylic acids is 1. The fourth-order valence-corrected chi connectivity index (χ4v) is 3.18. The van der Waals surface area contributed by atoms with Gasteiger partial charge in [-0.05, 0) is 62.4 Å². The van der Waals surface area contributed by atoms with E-state index in [2.05, 4.69) is 31.2 Å². The molecule has 0 radical (unpaired) electrons. The molecule has 4 aromatic rings. The maximum atomic E-state index is 13.3. The second-order valence-electron chi connectivity index (χ2n) is 7.62. The lowest BCUT2D eigenvalue weighted by Gasteiger charge is -2.12. The van der Waals surface area contributed by atoms with Crippen LogP contribution in [0.4, 0.5) is 48.0 Å². The molecule has 0 atom stereocenters. The summed E-state index contributed by atoms with van der Waals surface area (Å²) in [4.78, 5) is 21.0. The molecule has 0 spiro atoms. The molecule has 4 rings (SSSR count). The second kappa shape index (κ2) is 9.95. The Balaban J connectivity index is 1.38. The summed E-state index contributed by atoms with van der Waals surface area (Å²) < 4.78 is 26.5. The molecule has 0 aliphatic carbocycles. The number of aryl methyl sites for hydroxylation is 2. The highest BCUT2D eigenvalue weighted by atomic mass is 19.1. The molecular weight excluding hydrogens is 438 g/mol. The number of benzene rings is 3. The van der Waals surface area contributed by atoms with E-state index in [-0.39, 0.29) is 5.69 Å². The van der Waals surface area contributed by atoms with Crippen LogP contribution in [0.15, 0.2) is 72.8 Å². The summed E-state index contributed by atoms with van der Waals surface area (Å²) in [6.07, 6.45) is 0. The molecule has 0 unspecified atom stereocenters. The monoisotopic (exact) mass is 460 g/mol. The Morgan fingerprint density at radius 2 is 1.12 bits per heavy atom. The van der Waals surface area contributed by atoms with Gasteiger partial charge in [-0.25, -0.2) is 23.5 Å². The summed E-state index contributed by atoms with van der Waals surface area (Å²) in [5, 5.41) is 11.5. The van der Waals surface area contributed by atoms with Crippen LogP contribution in [-0.2, 0) is 0 Å². The highest BCUT2D eigenvalue weighted by Crippen LogP contribution is 2.22. The molecule has 3 aromatic carbocycles. The van der Waals surface area contributed by atoms with E-state index in [1.807, 2.05) is 38.1 Å². The third kappa shape index (κ3) is 6.26. The topological polar surface area (TPSA) is 91.0 Å². The number of hydrogen-bond acceptors (Lipinski definition) is 5. The first kappa shape index (κ1) is 22.7. The standard InChI is InChI=1S/C25H22F2N6O/c1-15-3-5-19(6-4-15)30-23-14-24(29-16(2)28-23)31-20-7-9-21(10-8-20)32-25(34)33-22-12-17(26)11-18(27)13-22/h3-14H,1-2H3,(H2,32,33,34)(H2,28,29,30,31). The minimum atomic E-state index is -0.775. The molecular formula is C25H22F2N6O. The number of halogens is 2. The number of anilines is 6. The third-order valence-corrected chi connectivity index (χ3v) is 4.70. The van der Waals surface area contributed by atoms with Gasteiger partial charge in [0, 0.05) is 34.9 Å². The van der Waals surface area contributed by atoms with E-state index in [0.29, 0.717) is 23.1 Å². The van der Waals surface area contributed by atoms with Crippen LogP contribution in [0.3, 0.4) is 0 Å². The van der Waals surface area contributed by atoms with Gasteiger partial charge in [-0.1, -0.05) is 17.7 Å². The summed E-state index contributed by atoms with van der Waals surface area (Å²) in [6, 6.07) is 18.9. The molecule has 172 valence electrons. The summed E-state index contributed by atoms with van der Waals surface area (Å²) in [5.74, 6) is 0.311. The van der Waals surface area contributed by atoms with Gasteiger partial charge in [0.15, 0.2) is 0 Å². The number of urea groups is 1. The van der Waals surface area contributed by atoms with Crippen molar-refractivity contribution in [1.82, 2.24) is 9.97 Å². The largest absolute Gasteiger partial charge is 0.340 e. The van der Waals surface area contributed by atoms with E-state index < -0.39 is 17.7 Å². The van der Waals surface area contributed by atoms with Crippen LogP contribution in [0.5, 0.6) is 0 Å². The van der Waals surface area contributed by atoms with Gasteiger partial charge in [0.05, 0.1) is 0 Å². The first-order valence-corrected chi connectivity index (χ1v) is 10.4. The van der Waals surface area contributed by atoms with E-state index >= 15 is 0 Å². The number of nitrogens with one attached hydrogen (secondary N) is 4. The molecule has 34 heavy (non-hydrogen) atoms. The van der Waals surface area contributed by atoms with E-state index in [1.165, 1.54) is 5.56 Å². The van der Waals surface area contributed by atoms with E-state index in [0.717, 1.165) is 29.6 Å². The van der Waals surface area contributed by atoms with Gasteiger partial charge < -0.3 is 21.3 Å². The molecule has 1 aromatic heterocycles. The van der Waals surface area contributed by atoms with Crippen molar-refractivity contribution < 1.29 is 13.6 Å². The zero-order valence-electron chi connectivity index (χ0n) is 18.5. The van der Waals surface area contributed by atoms with E-state index in [1.54, 1.807) is 30.3 Å². The Labute approximate surface area is 195 Å². The quantitative estimate of drug-likeness (QED) is 0.264. The minimum Gasteiger partial charge on any atom is -0.340 e. The van der Waals surface area contributed by atoms with Gasteiger partial charge in [0.1, 0.15) is 29.1 Å².